The fraction of sp³-hybridized carbons (Fsp3) is 0.176. The molecule has 0 radical (unpaired) electrons. The summed E-state index contributed by atoms with van der Waals surface area (Å²) >= 11 is 5.96. The molecule has 0 amide bonds. The average molecular weight is 384 g/mol. The van der Waals surface area contributed by atoms with Crippen LogP contribution in [0.3, 0.4) is 0 Å². The molecular weight excluding hydrogens is 370 g/mol. The summed E-state index contributed by atoms with van der Waals surface area (Å²) in [6, 6.07) is 8.48. The maximum atomic E-state index is 12.7. The first-order valence-electron chi connectivity index (χ1n) is 7.43. The number of nitrogens with zero attached hydrogens (tertiary/aromatic N) is 1. The number of benzene rings is 2. The highest BCUT2D eigenvalue weighted by molar-refractivity contribution is 6.33. The molecule has 0 heterocycles. The molecule has 9 heteroatoms. The number of halogens is 3. The molecule has 6 nitrogen and oxygen atoms in total. The Kier molecular flexibility index (Phi) is 6.74. The molecule has 26 heavy (non-hydrogen) atoms. The van der Waals surface area contributed by atoms with Crippen LogP contribution in [0.2, 0.25) is 5.02 Å². The number of nitrogens with one attached hydrogen (secondary N) is 1. The van der Waals surface area contributed by atoms with Gasteiger partial charge in [-0.05, 0) is 36.8 Å². The summed E-state index contributed by atoms with van der Waals surface area (Å²) in [7, 11) is 0. The quantitative estimate of drug-likeness (QED) is 0.559. The zero-order valence-electron chi connectivity index (χ0n) is 13.5. The second kappa shape index (κ2) is 9.00. The molecule has 0 fully saturated rings. The molecule has 0 aliphatic rings. The predicted molar refractivity (Wildman–Crippen MR) is 91.2 cm³/mol. The Bertz CT molecular complexity index is 815. The van der Waals surface area contributed by atoms with Crippen molar-refractivity contribution in [3.8, 4) is 11.5 Å². The van der Waals surface area contributed by atoms with Gasteiger partial charge >= 0.3 is 6.61 Å². The summed E-state index contributed by atoms with van der Waals surface area (Å²) in [5.74, 6) is -1.39. The number of carboxylic acids is 1. The Balaban J connectivity index is 2.26. The van der Waals surface area contributed by atoms with Gasteiger partial charge in [-0.1, -0.05) is 23.7 Å². The monoisotopic (exact) mass is 383 g/mol. The van der Waals surface area contributed by atoms with Crippen LogP contribution >= 0.6 is 11.6 Å². The Morgan fingerprint density at radius 3 is 2.81 bits per heavy atom. The van der Waals surface area contributed by atoms with Gasteiger partial charge in [0.05, 0.1) is 29.5 Å². The van der Waals surface area contributed by atoms with Crippen molar-refractivity contribution in [2.45, 2.75) is 13.5 Å². The van der Waals surface area contributed by atoms with Crippen molar-refractivity contribution in [2.24, 2.45) is 5.10 Å². The molecule has 0 aliphatic heterocycles. The van der Waals surface area contributed by atoms with E-state index in [0.717, 1.165) is 0 Å². The lowest BCUT2D eigenvalue weighted by Crippen LogP contribution is -2.22. The molecule has 0 aromatic heterocycles. The number of alkyl halides is 2. The molecule has 0 aliphatic carbocycles. The van der Waals surface area contributed by atoms with E-state index in [-0.39, 0.29) is 39.9 Å². The highest BCUT2D eigenvalue weighted by Crippen LogP contribution is 2.32. The summed E-state index contributed by atoms with van der Waals surface area (Å²) < 4.78 is 35.1. The third-order valence-electron chi connectivity index (χ3n) is 3.11. The molecule has 0 spiro atoms. The fourth-order valence-corrected chi connectivity index (χ4v) is 2.19. The zero-order chi connectivity index (χ0) is 19.1. The number of carbonyl (C=O) groups excluding carboxylic acids is 1. The zero-order valence-corrected chi connectivity index (χ0v) is 14.3. The maximum Gasteiger partial charge on any atom is 0.387 e. The SMILES string of the molecule is CCOc1cccc(/C=N\Nc2cc(C(=O)[O-])ccc2Cl)c1OC(F)F. The molecule has 0 atom stereocenters. The van der Waals surface area contributed by atoms with E-state index in [4.69, 9.17) is 16.3 Å². The number of aromatic carboxylic acids is 1. The minimum Gasteiger partial charge on any atom is -0.545 e. The third-order valence-corrected chi connectivity index (χ3v) is 3.44. The van der Waals surface area contributed by atoms with Gasteiger partial charge in [0, 0.05) is 5.56 Å². The summed E-state index contributed by atoms with van der Waals surface area (Å²) in [5.41, 5.74) is 2.90. The van der Waals surface area contributed by atoms with Crippen molar-refractivity contribution in [2.75, 3.05) is 12.0 Å². The number of para-hydroxylation sites is 1. The van der Waals surface area contributed by atoms with E-state index < -0.39 is 12.6 Å². The Labute approximate surface area is 153 Å². The van der Waals surface area contributed by atoms with E-state index in [2.05, 4.69) is 15.3 Å². The van der Waals surface area contributed by atoms with Gasteiger partial charge in [-0.25, -0.2) is 0 Å². The predicted octanol–water partition coefficient (Wildman–Crippen LogP) is 3.15. The number of hydrogen-bond acceptors (Lipinski definition) is 6. The van der Waals surface area contributed by atoms with Crippen LogP contribution in [0.5, 0.6) is 11.5 Å². The van der Waals surface area contributed by atoms with E-state index >= 15 is 0 Å². The van der Waals surface area contributed by atoms with Crippen LogP contribution in [0.4, 0.5) is 14.5 Å². The summed E-state index contributed by atoms with van der Waals surface area (Å²) in [6.07, 6.45) is 1.22. The molecule has 0 saturated carbocycles. The van der Waals surface area contributed by atoms with Gasteiger partial charge in [-0.3, -0.25) is 5.43 Å². The minimum absolute atomic E-state index is 0.0906. The van der Waals surface area contributed by atoms with Gasteiger partial charge in [0.2, 0.25) is 0 Å². The number of carbonyl (C=O) groups is 1. The van der Waals surface area contributed by atoms with Crippen LogP contribution in [-0.2, 0) is 0 Å². The Morgan fingerprint density at radius 1 is 1.38 bits per heavy atom. The largest absolute Gasteiger partial charge is 0.545 e. The van der Waals surface area contributed by atoms with Gasteiger partial charge in [-0.15, -0.1) is 0 Å². The summed E-state index contributed by atoms with van der Waals surface area (Å²) in [4.78, 5) is 10.9. The van der Waals surface area contributed by atoms with Crippen molar-refractivity contribution in [3.05, 3.63) is 52.5 Å². The average Bonchev–Trinajstić information content (AvgIpc) is 2.58. The van der Waals surface area contributed by atoms with Crippen LogP contribution in [0.25, 0.3) is 0 Å². The molecule has 2 aromatic carbocycles. The second-order valence-electron chi connectivity index (χ2n) is 4.84. The number of hydrazone groups is 1. The standard InChI is InChI=1S/C17H15ClF2N2O4/c1-2-25-14-5-3-4-11(15(14)26-17(19)20)9-21-22-13-8-10(16(23)24)6-7-12(13)18/h3-9,17,22H,2H2,1H3,(H,23,24)/p-1/b21-9-. The third kappa shape index (κ3) is 5.06. The van der Waals surface area contributed by atoms with Crippen molar-refractivity contribution in [1.82, 2.24) is 0 Å². The summed E-state index contributed by atoms with van der Waals surface area (Å²) in [5, 5.41) is 15.0. The molecule has 0 saturated heterocycles. The lowest BCUT2D eigenvalue weighted by atomic mass is 10.2. The normalized spacial score (nSPS) is 11.0. The van der Waals surface area contributed by atoms with Gasteiger partial charge in [0.15, 0.2) is 11.5 Å². The maximum absolute atomic E-state index is 12.7. The Hall–Kier alpha value is -2.87. The van der Waals surface area contributed by atoms with E-state index in [0.29, 0.717) is 0 Å². The van der Waals surface area contributed by atoms with Crippen LogP contribution in [0, 0.1) is 0 Å². The molecule has 0 unspecified atom stereocenters. The van der Waals surface area contributed by atoms with Gasteiger partial charge < -0.3 is 19.4 Å². The number of carboxylic acid groups (broad SMARTS) is 1. The fourth-order valence-electron chi connectivity index (χ4n) is 2.03. The summed E-state index contributed by atoms with van der Waals surface area (Å²) in [6.45, 7) is -1.06. The van der Waals surface area contributed by atoms with Crippen LogP contribution < -0.4 is 20.0 Å². The molecular formula is C17H14ClF2N2O4-. The van der Waals surface area contributed by atoms with E-state index in [1.54, 1.807) is 13.0 Å². The first-order valence-corrected chi connectivity index (χ1v) is 7.80. The topological polar surface area (TPSA) is 83.0 Å². The first kappa shape index (κ1) is 19.5. The Morgan fingerprint density at radius 2 is 2.15 bits per heavy atom. The first-order chi connectivity index (χ1) is 12.4. The van der Waals surface area contributed by atoms with Gasteiger partial charge in [0.1, 0.15) is 0 Å². The minimum atomic E-state index is -3.04. The molecule has 2 aromatic rings. The molecule has 2 rings (SSSR count). The molecule has 1 N–H and O–H groups in total. The lowest BCUT2D eigenvalue weighted by Gasteiger charge is -2.13. The van der Waals surface area contributed by atoms with Gasteiger partial charge in [-0.2, -0.15) is 13.9 Å². The highest BCUT2D eigenvalue weighted by Gasteiger charge is 2.14. The highest BCUT2D eigenvalue weighted by atomic mass is 35.5. The van der Waals surface area contributed by atoms with E-state index in [9.17, 15) is 18.7 Å². The van der Waals surface area contributed by atoms with Crippen molar-refractivity contribution in [1.29, 1.82) is 0 Å². The van der Waals surface area contributed by atoms with Crippen molar-refractivity contribution in [3.63, 3.8) is 0 Å². The number of ether oxygens (including phenoxy) is 2. The second-order valence-corrected chi connectivity index (χ2v) is 5.25. The van der Waals surface area contributed by atoms with Crippen LogP contribution in [0.15, 0.2) is 41.5 Å². The van der Waals surface area contributed by atoms with E-state index in [1.807, 2.05) is 0 Å². The van der Waals surface area contributed by atoms with Crippen LogP contribution in [-0.4, -0.2) is 25.4 Å². The smallest absolute Gasteiger partial charge is 0.387 e. The van der Waals surface area contributed by atoms with Gasteiger partial charge in [0.25, 0.3) is 0 Å². The van der Waals surface area contributed by atoms with Crippen molar-refractivity contribution >= 4 is 29.5 Å². The number of anilines is 1. The van der Waals surface area contributed by atoms with Crippen LogP contribution in [0.1, 0.15) is 22.8 Å². The number of rotatable bonds is 8. The number of hydrogen-bond donors (Lipinski definition) is 1. The molecule has 0 bridgehead atoms. The van der Waals surface area contributed by atoms with Crippen molar-refractivity contribution < 1.29 is 28.2 Å². The van der Waals surface area contributed by atoms with E-state index in [1.165, 1.54) is 36.5 Å². The lowest BCUT2D eigenvalue weighted by molar-refractivity contribution is -0.255. The molecule has 138 valence electrons.